The lowest BCUT2D eigenvalue weighted by Gasteiger charge is -2.11. The number of hydrogen-bond donors (Lipinski definition) is 1. The van der Waals surface area contributed by atoms with Crippen LogP contribution in [0.15, 0.2) is 47.4 Å². The summed E-state index contributed by atoms with van der Waals surface area (Å²) in [5.41, 5.74) is 1.71. The van der Waals surface area contributed by atoms with Gasteiger partial charge in [0.1, 0.15) is 18.1 Å². The number of hydrogen-bond acceptors (Lipinski definition) is 4. The van der Waals surface area contributed by atoms with E-state index < -0.39 is 0 Å². The molecular formula is C18H21NO3S. The smallest absolute Gasteiger partial charge is 0.255 e. The van der Waals surface area contributed by atoms with Crippen LogP contribution < -0.4 is 14.8 Å². The number of thioether (sulfide) groups is 1. The first-order chi connectivity index (χ1) is 11.1. The minimum absolute atomic E-state index is 0.165. The van der Waals surface area contributed by atoms with Crippen molar-refractivity contribution in [2.45, 2.75) is 11.8 Å². The van der Waals surface area contributed by atoms with E-state index in [1.807, 2.05) is 49.6 Å². The van der Waals surface area contributed by atoms with Crippen molar-refractivity contribution in [3.05, 3.63) is 53.6 Å². The molecule has 1 amide bonds. The van der Waals surface area contributed by atoms with E-state index in [-0.39, 0.29) is 5.91 Å². The van der Waals surface area contributed by atoms with E-state index in [9.17, 15) is 4.79 Å². The van der Waals surface area contributed by atoms with Crippen molar-refractivity contribution in [2.75, 3.05) is 26.5 Å². The number of amides is 1. The molecule has 0 bridgehead atoms. The van der Waals surface area contributed by atoms with Crippen molar-refractivity contribution in [3.63, 3.8) is 0 Å². The van der Waals surface area contributed by atoms with Crippen molar-refractivity contribution in [1.82, 2.24) is 5.32 Å². The first kappa shape index (κ1) is 17.2. The highest BCUT2D eigenvalue weighted by Gasteiger charge is 2.12. The molecule has 0 heterocycles. The van der Waals surface area contributed by atoms with Gasteiger partial charge in [-0.2, -0.15) is 0 Å². The molecule has 4 nitrogen and oxygen atoms in total. The quantitative estimate of drug-likeness (QED) is 0.623. The van der Waals surface area contributed by atoms with Gasteiger partial charge in [-0.15, -0.1) is 11.8 Å². The summed E-state index contributed by atoms with van der Waals surface area (Å²) in [7, 11) is 1.57. The summed E-state index contributed by atoms with van der Waals surface area (Å²) in [5, 5.41) is 2.84. The maximum Gasteiger partial charge on any atom is 0.255 e. The van der Waals surface area contributed by atoms with E-state index >= 15 is 0 Å². The average molecular weight is 331 g/mol. The van der Waals surface area contributed by atoms with Crippen LogP contribution in [0.4, 0.5) is 0 Å². The summed E-state index contributed by atoms with van der Waals surface area (Å²) >= 11 is 1.61. The van der Waals surface area contributed by atoms with Crippen molar-refractivity contribution in [2.24, 2.45) is 0 Å². The van der Waals surface area contributed by atoms with Crippen LogP contribution in [0.2, 0.25) is 0 Å². The number of carbonyl (C=O) groups excluding carboxylic acids is 1. The number of rotatable bonds is 7. The molecule has 0 aromatic heterocycles. The number of benzene rings is 2. The molecule has 0 aliphatic heterocycles. The zero-order chi connectivity index (χ0) is 16.7. The van der Waals surface area contributed by atoms with Gasteiger partial charge in [-0.3, -0.25) is 4.79 Å². The fraction of sp³-hybridized carbons (Fsp3) is 0.278. The summed E-state index contributed by atoms with van der Waals surface area (Å²) in [6, 6.07) is 13.4. The van der Waals surface area contributed by atoms with Gasteiger partial charge in [0.2, 0.25) is 0 Å². The van der Waals surface area contributed by atoms with Crippen LogP contribution in [0, 0.1) is 6.92 Å². The summed E-state index contributed by atoms with van der Waals surface area (Å²) in [6.07, 6.45) is 1.98. The molecule has 0 saturated heterocycles. The molecule has 2 aromatic rings. The summed E-state index contributed by atoms with van der Waals surface area (Å²) in [6.45, 7) is 2.87. The second kappa shape index (κ2) is 8.48. The Morgan fingerprint density at radius 2 is 1.91 bits per heavy atom. The molecule has 1 N–H and O–H groups in total. The molecule has 23 heavy (non-hydrogen) atoms. The first-order valence-corrected chi connectivity index (χ1v) is 8.56. The van der Waals surface area contributed by atoms with Crippen molar-refractivity contribution < 1.29 is 14.3 Å². The molecule has 122 valence electrons. The highest BCUT2D eigenvalue weighted by atomic mass is 32.2. The molecule has 5 heteroatoms. The lowest BCUT2D eigenvalue weighted by molar-refractivity contribution is 0.0944. The minimum atomic E-state index is -0.165. The first-order valence-electron chi connectivity index (χ1n) is 7.33. The number of nitrogens with one attached hydrogen (secondary N) is 1. The third-order valence-corrected chi connectivity index (χ3v) is 4.06. The van der Waals surface area contributed by atoms with E-state index in [2.05, 4.69) is 5.32 Å². The number of ether oxygens (including phenoxy) is 2. The van der Waals surface area contributed by atoms with Gasteiger partial charge in [0.15, 0.2) is 0 Å². The van der Waals surface area contributed by atoms with Crippen molar-refractivity contribution in [1.29, 1.82) is 0 Å². The minimum Gasteiger partial charge on any atom is -0.496 e. The van der Waals surface area contributed by atoms with Crippen LogP contribution in [0.25, 0.3) is 0 Å². The van der Waals surface area contributed by atoms with Crippen LogP contribution in [0.5, 0.6) is 11.5 Å². The number of aryl methyl sites for hydroxylation is 1. The third kappa shape index (κ3) is 4.93. The molecule has 0 unspecified atom stereocenters. The topological polar surface area (TPSA) is 47.6 Å². The lowest BCUT2D eigenvalue weighted by Crippen LogP contribution is -2.28. The normalized spacial score (nSPS) is 10.2. The SMILES string of the molecule is COc1cc(SC)ccc1C(=O)NCCOc1ccc(C)cc1. The fourth-order valence-electron chi connectivity index (χ4n) is 2.05. The molecule has 0 saturated carbocycles. The predicted molar refractivity (Wildman–Crippen MR) is 93.8 cm³/mol. The maximum atomic E-state index is 12.2. The molecule has 0 fully saturated rings. The Morgan fingerprint density at radius 3 is 2.57 bits per heavy atom. The van der Waals surface area contributed by atoms with Crippen molar-refractivity contribution in [3.8, 4) is 11.5 Å². The van der Waals surface area contributed by atoms with Gasteiger partial charge in [0.25, 0.3) is 5.91 Å². The Hall–Kier alpha value is -2.14. The summed E-state index contributed by atoms with van der Waals surface area (Å²) in [5.74, 6) is 1.21. The zero-order valence-corrected chi connectivity index (χ0v) is 14.4. The van der Waals surface area contributed by atoms with Crippen LogP contribution in [-0.2, 0) is 0 Å². The summed E-state index contributed by atoms with van der Waals surface area (Å²) in [4.78, 5) is 13.3. The van der Waals surface area contributed by atoms with Gasteiger partial charge < -0.3 is 14.8 Å². The second-order valence-corrected chi connectivity index (χ2v) is 5.86. The fourth-order valence-corrected chi connectivity index (χ4v) is 2.48. The Morgan fingerprint density at radius 1 is 1.17 bits per heavy atom. The molecule has 0 radical (unpaired) electrons. The molecule has 0 atom stereocenters. The van der Waals surface area contributed by atoms with E-state index in [1.54, 1.807) is 24.9 Å². The monoisotopic (exact) mass is 331 g/mol. The van der Waals surface area contributed by atoms with Crippen LogP contribution in [-0.4, -0.2) is 32.4 Å². The lowest BCUT2D eigenvalue weighted by atomic mass is 10.2. The van der Waals surface area contributed by atoms with Crippen LogP contribution >= 0.6 is 11.8 Å². The van der Waals surface area contributed by atoms with Gasteiger partial charge in [-0.1, -0.05) is 17.7 Å². The highest BCUT2D eigenvalue weighted by molar-refractivity contribution is 7.98. The van der Waals surface area contributed by atoms with E-state index in [1.165, 1.54) is 5.56 Å². The van der Waals surface area contributed by atoms with Crippen LogP contribution in [0.3, 0.4) is 0 Å². The largest absolute Gasteiger partial charge is 0.496 e. The molecule has 0 aliphatic rings. The molecule has 0 spiro atoms. The van der Waals surface area contributed by atoms with Gasteiger partial charge in [-0.05, 0) is 43.5 Å². The molecule has 0 aliphatic carbocycles. The van der Waals surface area contributed by atoms with E-state index in [4.69, 9.17) is 9.47 Å². The Bertz CT molecular complexity index is 656. The van der Waals surface area contributed by atoms with Gasteiger partial charge in [0.05, 0.1) is 19.2 Å². The third-order valence-electron chi connectivity index (χ3n) is 3.33. The highest BCUT2D eigenvalue weighted by Crippen LogP contribution is 2.25. The van der Waals surface area contributed by atoms with Gasteiger partial charge in [-0.25, -0.2) is 0 Å². The van der Waals surface area contributed by atoms with E-state index in [0.29, 0.717) is 24.5 Å². The Labute approximate surface area is 141 Å². The molecule has 2 aromatic carbocycles. The van der Waals surface area contributed by atoms with Gasteiger partial charge >= 0.3 is 0 Å². The molecular weight excluding hydrogens is 310 g/mol. The standard InChI is InChI=1S/C18H21NO3S/c1-13-4-6-14(7-5-13)22-11-10-19-18(20)16-9-8-15(23-3)12-17(16)21-2/h4-9,12H,10-11H2,1-3H3,(H,19,20). The van der Waals surface area contributed by atoms with Crippen LogP contribution in [0.1, 0.15) is 15.9 Å². The second-order valence-electron chi connectivity index (χ2n) is 4.98. The van der Waals surface area contributed by atoms with Crippen molar-refractivity contribution >= 4 is 17.7 Å². The Kier molecular flexibility index (Phi) is 6.35. The maximum absolute atomic E-state index is 12.2. The zero-order valence-electron chi connectivity index (χ0n) is 13.6. The number of carbonyl (C=O) groups is 1. The Balaban J connectivity index is 1.86. The summed E-state index contributed by atoms with van der Waals surface area (Å²) < 4.78 is 10.9. The van der Waals surface area contributed by atoms with E-state index in [0.717, 1.165) is 10.6 Å². The predicted octanol–water partition coefficient (Wildman–Crippen LogP) is 3.53. The average Bonchev–Trinajstić information content (AvgIpc) is 2.59. The van der Waals surface area contributed by atoms with Gasteiger partial charge in [0, 0.05) is 4.90 Å². The molecule has 2 rings (SSSR count). The number of methoxy groups -OCH3 is 1.